The zero-order valence-electron chi connectivity index (χ0n) is 11.4. The predicted octanol–water partition coefficient (Wildman–Crippen LogP) is 3.78. The number of nitro groups is 1. The van der Waals surface area contributed by atoms with Gasteiger partial charge in [0.15, 0.2) is 5.78 Å². The van der Waals surface area contributed by atoms with Crippen molar-refractivity contribution >= 4 is 27.4 Å². The Bertz CT molecular complexity index is 768. The van der Waals surface area contributed by atoms with Crippen molar-refractivity contribution in [3.05, 3.63) is 74.2 Å². The average Bonchev–Trinajstić information content (AvgIpc) is 2.48. The molecule has 0 bridgehead atoms. The molecule has 0 aliphatic rings. The van der Waals surface area contributed by atoms with Crippen LogP contribution in [0.25, 0.3) is 0 Å². The molecule has 1 unspecified atom stereocenters. The first kappa shape index (κ1) is 15.9. The number of hydrogen-bond acceptors (Lipinski definition) is 4. The molecular weight excluding hydrogens is 348 g/mol. The Morgan fingerprint density at radius 2 is 2.00 bits per heavy atom. The Balaban J connectivity index is 2.28. The Morgan fingerprint density at radius 3 is 2.64 bits per heavy atom. The molecule has 110 valence electrons. The molecule has 0 radical (unpaired) electrons. The molecule has 0 amide bonds. The van der Waals surface area contributed by atoms with E-state index in [1.54, 1.807) is 36.4 Å². The van der Waals surface area contributed by atoms with E-state index >= 15 is 0 Å². The minimum Gasteiger partial charge on any atom is -0.297 e. The molecule has 0 saturated carbocycles. The maximum absolute atomic E-state index is 12.4. The Hall–Kier alpha value is -2.52. The number of para-hydroxylation sites is 1. The van der Waals surface area contributed by atoms with Crippen molar-refractivity contribution in [3.8, 4) is 6.07 Å². The van der Waals surface area contributed by atoms with Crippen molar-refractivity contribution in [3.63, 3.8) is 0 Å². The number of ketones is 1. The van der Waals surface area contributed by atoms with Crippen LogP contribution >= 0.6 is 15.9 Å². The second-order valence-corrected chi connectivity index (χ2v) is 5.56. The van der Waals surface area contributed by atoms with Crippen LogP contribution in [0.5, 0.6) is 0 Å². The van der Waals surface area contributed by atoms with Gasteiger partial charge in [-0.2, -0.15) is 5.26 Å². The monoisotopic (exact) mass is 358 g/mol. The summed E-state index contributed by atoms with van der Waals surface area (Å²) in [6.07, 6.45) is -0.151. The first-order chi connectivity index (χ1) is 10.5. The summed E-state index contributed by atoms with van der Waals surface area (Å²) in [7, 11) is 0. The van der Waals surface area contributed by atoms with E-state index in [-0.39, 0.29) is 17.9 Å². The molecule has 5 nitrogen and oxygen atoms in total. The Morgan fingerprint density at radius 1 is 1.27 bits per heavy atom. The lowest BCUT2D eigenvalue weighted by Gasteiger charge is -2.09. The molecule has 0 aliphatic heterocycles. The smallest absolute Gasteiger partial charge is 0.273 e. The number of nitro benzene ring substituents is 1. The van der Waals surface area contributed by atoms with Crippen LogP contribution in [0.15, 0.2) is 53.0 Å². The fourth-order valence-electron chi connectivity index (χ4n) is 2.15. The highest BCUT2D eigenvalue weighted by Crippen LogP contribution is 2.24. The summed E-state index contributed by atoms with van der Waals surface area (Å²) in [5.74, 6) is -1.31. The van der Waals surface area contributed by atoms with Gasteiger partial charge in [0, 0.05) is 22.5 Å². The predicted molar refractivity (Wildman–Crippen MR) is 84.3 cm³/mol. The summed E-state index contributed by atoms with van der Waals surface area (Å²) >= 11 is 3.30. The quantitative estimate of drug-likeness (QED) is 0.601. The number of benzene rings is 2. The van der Waals surface area contributed by atoms with Crippen molar-refractivity contribution < 1.29 is 9.72 Å². The molecule has 2 aromatic carbocycles. The number of halogens is 1. The molecule has 0 heterocycles. The lowest BCUT2D eigenvalue weighted by molar-refractivity contribution is -0.385. The second-order valence-electron chi connectivity index (χ2n) is 4.65. The zero-order chi connectivity index (χ0) is 16.1. The van der Waals surface area contributed by atoms with Gasteiger partial charge in [-0.25, -0.2) is 0 Å². The van der Waals surface area contributed by atoms with E-state index < -0.39 is 10.8 Å². The molecule has 2 aromatic rings. The van der Waals surface area contributed by atoms with Gasteiger partial charge in [-0.1, -0.05) is 46.3 Å². The van der Waals surface area contributed by atoms with Crippen LogP contribution in [0.3, 0.4) is 0 Å². The van der Waals surface area contributed by atoms with E-state index in [9.17, 15) is 20.2 Å². The molecule has 0 saturated heterocycles. The molecule has 0 fully saturated rings. The van der Waals surface area contributed by atoms with Crippen molar-refractivity contribution in [1.29, 1.82) is 5.26 Å². The fraction of sp³-hybridized carbons (Fsp3) is 0.125. The van der Waals surface area contributed by atoms with Gasteiger partial charge in [-0.15, -0.1) is 0 Å². The highest BCUT2D eigenvalue weighted by Gasteiger charge is 2.23. The lowest BCUT2D eigenvalue weighted by atomic mass is 9.92. The molecule has 2 rings (SSSR count). The van der Waals surface area contributed by atoms with Crippen LogP contribution in [-0.2, 0) is 11.2 Å². The molecule has 0 aliphatic carbocycles. The standard InChI is InChI=1S/C16H11BrN2O3/c17-13-6-3-5-11(8-13)14(10-18)16(20)9-12-4-1-2-7-15(12)19(21)22/h1-8,14H,9H2. The number of nitrogens with zero attached hydrogens (tertiary/aromatic N) is 2. The SMILES string of the molecule is N#CC(C(=O)Cc1ccccc1[N+](=O)[O-])c1cccc(Br)c1. The van der Waals surface area contributed by atoms with Crippen molar-refractivity contribution in [1.82, 2.24) is 0 Å². The Labute approximate surface area is 135 Å². The van der Waals surface area contributed by atoms with E-state index in [1.165, 1.54) is 12.1 Å². The summed E-state index contributed by atoms with van der Waals surface area (Å²) in [4.78, 5) is 22.8. The van der Waals surface area contributed by atoms with E-state index in [4.69, 9.17) is 0 Å². The first-order valence-electron chi connectivity index (χ1n) is 6.43. The van der Waals surface area contributed by atoms with Gasteiger partial charge < -0.3 is 0 Å². The molecule has 1 atom stereocenters. The minimum atomic E-state index is -0.947. The van der Waals surface area contributed by atoms with Crippen molar-refractivity contribution in [2.75, 3.05) is 0 Å². The largest absolute Gasteiger partial charge is 0.297 e. The van der Waals surface area contributed by atoms with Gasteiger partial charge >= 0.3 is 0 Å². The van der Waals surface area contributed by atoms with Gasteiger partial charge in [0.1, 0.15) is 5.92 Å². The van der Waals surface area contributed by atoms with Crippen LogP contribution in [0.2, 0.25) is 0 Å². The number of carbonyl (C=O) groups excluding carboxylic acids is 1. The zero-order valence-corrected chi connectivity index (χ0v) is 13.0. The van der Waals surface area contributed by atoms with Crippen LogP contribution in [0.1, 0.15) is 17.0 Å². The summed E-state index contributed by atoms with van der Waals surface area (Å²) < 4.78 is 0.767. The molecule has 22 heavy (non-hydrogen) atoms. The Kier molecular flexibility index (Phi) is 5.02. The normalized spacial score (nSPS) is 11.5. The maximum atomic E-state index is 12.4. The molecule has 6 heteroatoms. The van der Waals surface area contributed by atoms with Gasteiger partial charge in [0.2, 0.25) is 0 Å². The van der Waals surface area contributed by atoms with Crippen LogP contribution in [0, 0.1) is 21.4 Å². The summed E-state index contributed by atoms with van der Waals surface area (Å²) in [6.45, 7) is 0. The van der Waals surface area contributed by atoms with Gasteiger partial charge in [-0.3, -0.25) is 14.9 Å². The number of carbonyl (C=O) groups is 1. The first-order valence-corrected chi connectivity index (χ1v) is 7.22. The van der Waals surface area contributed by atoms with Crippen molar-refractivity contribution in [2.45, 2.75) is 12.3 Å². The van der Waals surface area contributed by atoms with Gasteiger partial charge in [0.05, 0.1) is 11.0 Å². The molecule has 0 aromatic heterocycles. The van der Waals surface area contributed by atoms with E-state index in [2.05, 4.69) is 15.9 Å². The van der Waals surface area contributed by atoms with Gasteiger partial charge in [-0.05, 0) is 17.7 Å². The summed E-state index contributed by atoms with van der Waals surface area (Å²) in [5, 5.41) is 20.3. The second kappa shape index (κ2) is 6.96. The van der Waals surface area contributed by atoms with E-state index in [0.717, 1.165) is 4.47 Å². The fourth-order valence-corrected chi connectivity index (χ4v) is 2.56. The number of nitriles is 1. The molecular formula is C16H11BrN2O3. The number of Topliss-reactive ketones (excluding diaryl/α,β-unsaturated/α-hetero) is 1. The highest BCUT2D eigenvalue weighted by atomic mass is 79.9. The number of hydrogen-bond donors (Lipinski definition) is 0. The van der Waals surface area contributed by atoms with Crippen LogP contribution in [0.4, 0.5) is 5.69 Å². The highest BCUT2D eigenvalue weighted by molar-refractivity contribution is 9.10. The summed E-state index contributed by atoms with van der Waals surface area (Å²) in [5.41, 5.74) is 0.773. The average molecular weight is 359 g/mol. The van der Waals surface area contributed by atoms with Crippen LogP contribution < -0.4 is 0 Å². The molecule has 0 spiro atoms. The third kappa shape index (κ3) is 3.57. The number of rotatable bonds is 5. The summed E-state index contributed by atoms with van der Waals surface area (Å²) in [6, 6.07) is 15.0. The van der Waals surface area contributed by atoms with Gasteiger partial charge in [0.25, 0.3) is 5.69 Å². The topological polar surface area (TPSA) is 84.0 Å². The van der Waals surface area contributed by atoms with Crippen molar-refractivity contribution in [2.24, 2.45) is 0 Å². The van der Waals surface area contributed by atoms with E-state index in [0.29, 0.717) is 11.1 Å². The minimum absolute atomic E-state index is 0.109. The maximum Gasteiger partial charge on any atom is 0.273 e. The lowest BCUT2D eigenvalue weighted by Crippen LogP contribution is -2.14. The third-order valence-corrected chi connectivity index (χ3v) is 3.68. The van der Waals surface area contributed by atoms with E-state index in [1.807, 2.05) is 6.07 Å². The third-order valence-electron chi connectivity index (χ3n) is 3.19. The van der Waals surface area contributed by atoms with Crippen LogP contribution in [-0.4, -0.2) is 10.7 Å². The molecule has 0 N–H and O–H groups in total.